The first-order valence-corrected chi connectivity index (χ1v) is 7.43. The lowest BCUT2D eigenvalue weighted by atomic mass is 9.96. The van der Waals surface area contributed by atoms with Crippen molar-refractivity contribution in [1.82, 2.24) is 0 Å². The molecule has 1 aliphatic rings. The molecule has 1 heterocycles. The van der Waals surface area contributed by atoms with Gasteiger partial charge in [-0.05, 0) is 41.7 Å². The van der Waals surface area contributed by atoms with Crippen molar-refractivity contribution >= 4 is 26.7 Å². The summed E-state index contributed by atoms with van der Waals surface area (Å²) < 4.78 is 5.80. The van der Waals surface area contributed by atoms with Crippen LogP contribution < -0.4 is 0 Å². The first-order valence-electron chi connectivity index (χ1n) is 6.51. The van der Waals surface area contributed by atoms with Gasteiger partial charge in [-0.1, -0.05) is 52.3 Å². The summed E-state index contributed by atoms with van der Waals surface area (Å²) in [6.45, 7) is 3.07. The largest absolute Gasteiger partial charge is 0.377 e. The summed E-state index contributed by atoms with van der Waals surface area (Å²) in [5, 5.41) is 2.69. The molecule has 2 atom stereocenters. The molecular formula is C16H17BrO. The summed E-state index contributed by atoms with van der Waals surface area (Å²) in [4.78, 5) is 0.297. The normalized spacial score (nSPS) is 21.3. The molecule has 94 valence electrons. The first-order chi connectivity index (χ1) is 8.77. The number of benzene rings is 2. The Morgan fingerprint density at radius 1 is 1.17 bits per heavy atom. The third kappa shape index (κ3) is 2.08. The highest BCUT2D eigenvalue weighted by Crippen LogP contribution is 2.38. The van der Waals surface area contributed by atoms with Crippen LogP contribution in [0.4, 0.5) is 0 Å². The van der Waals surface area contributed by atoms with Gasteiger partial charge in [-0.15, -0.1) is 0 Å². The molecule has 0 N–H and O–H groups in total. The summed E-state index contributed by atoms with van der Waals surface area (Å²) >= 11 is 3.83. The maximum Gasteiger partial charge on any atom is 0.0742 e. The second kappa shape index (κ2) is 5.02. The third-order valence-electron chi connectivity index (χ3n) is 3.76. The van der Waals surface area contributed by atoms with Gasteiger partial charge in [0, 0.05) is 6.61 Å². The van der Waals surface area contributed by atoms with Gasteiger partial charge in [0.05, 0.1) is 10.9 Å². The van der Waals surface area contributed by atoms with Crippen LogP contribution in [-0.2, 0) is 4.74 Å². The zero-order valence-corrected chi connectivity index (χ0v) is 12.1. The molecule has 1 fully saturated rings. The Bertz CT molecular complexity index is 558. The molecule has 0 aliphatic carbocycles. The lowest BCUT2D eigenvalue weighted by Crippen LogP contribution is -2.12. The molecule has 0 bridgehead atoms. The molecule has 0 spiro atoms. The molecular weight excluding hydrogens is 288 g/mol. The van der Waals surface area contributed by atoms with Crippen molar-refractivity contribution < 1.29 is 4.74 Å². The van der Waals surface area contributed by atoms with Crippen LogP contribution in [0, 0.1) is 6.92 Å². The Labute approximate surface area is 116 Å². The van der Waals surface area contributed by atoms with E-state index < -0.39 is 0 Å². The summed E-state index contributed by atoms with van der Waals surface area (Å²) in [5.74, 6) is 0. The van der Waals surface area contributed by atoms with E-state index in [0.717, 1.165) is 13.0 Å². The number of fused-ring (bicyclic) bond motifs is 1. The first kappa shape index (κ1) is 12.2. The maximum absolute atomic E-state index is 5.80. The zero-order valence-electron chi connectivity index (χ0n) is 10.5. The molecule has 2 heteroatoms. The molecule has 2 aromatic carbocycles. The van der Waals surface area contributed by atoms with Gasteiger partial charge in [0.2, 0.25) is 0 Å². The molecule has 0 radical (unpaired) electrons. The highest BCUT2D eigenvalue weighted by molar-refractivity contribution is 9.09. The van der Waals surface area contributed by atoms with Gasteiger partial charge in [-0.25, -0.2) is 0 Å². The summed E-state index contributed by atoms with van der Waals surface area (Å²) in [7, 11) is 0. The van der Waals surface area contributed by atoms with E-state index in [1.165, 1.54) is 28.3 Å². The fraction of sp³-hybridized carbons (Fsp3) is 0.375. The zero-order chi connectivity index (χ0) is 12.5. The van der Waals surface area contributed by atoms with Gasteiger partial charge in [-0.2, -0.15) is 0 Å². The van der Waals surface area contributed by atoms with Crippen LogP contribution in [0.3, 0.4) is 0 Å². The van der Waals surface area contributed by atoms with Crippen molar-refractivity contribution in [3.63, 3.8) is 0 Å². The molecule has 3 rings (SSSR count). The number of ether oxygens (including phenoxy) is 1. The second-order valence-electron chi connectivity index (χ2n) is 4.97. The summed E-state index contributed by atoms with van der Waals surface area (Å²) in [6.07, 6.45) is 2.64. The maximum atomic E-state index is 5.80. The Morgan fingerprint density at radius 2 is 1.94 bits per heavy atom. The lowest BCUT2D eigenvalue weighted by Gasteiger charge is -2.19. The predicted octanol–water partition coefficient (Wildman–Crippen LogP) is 4.76. The third-order valence-corrected chi connectivity index (χ3v) is 4.85. The molecule has 1 saturated heterocycles. The lowest BCUT2D eigenvalue weighted by molar-refractivity contribution is 0.111. The number of rotatable bonds is 2. The van der Waals surface area contributed by atoms with Gasteiger partial charge in [0.1, 0.15) is 0 Å². The van der Waals surface area contributed by atoms with Crippen LogP contribution in [0.25, 0.3) is 10.8 Å². The standard InChI is InChI=1S/C16H17BrO/c1-11-8-9-14(13-6-3-2-5-12(11)13)16(17)15-7-4-10-18-15/h2-3,5-6,8-9,15-16H,4,7,10H2,1H3. The van der Waals surface area contributed by atoms with Crippen molar-refractivity contribution in [3.8, 4) is 0 Å². The van der Waals surface area contributed by atoms with Gasteiger partial charge >= 0.3 is 0 Å². The van der Waals surface area contributed by atoms with Crippen LogP contribution in [0.5, 0.6) is 0 Å². The predicted molar refractivity (Wildman–Crippen MR) is 79.3 cm³/mol. The van der Waals surface area contributed by atoms with Crippen LogP contribution in [0.2, 0.25) is 0 Å². The number of aryl methyl sites for hydroxylation is 1. The second-order valence-corrected chi connectivity index (χ2v) is 5.96. The highest BCUT2D eigenvalue weighted by Gasteiger charge is 2.26. The molecule has 0 amide bonds. The molecule has 1 aliphatic heterocycles. The van der Waals surface area contributed by atoms with Crippen molar-refractivity contribution in [2.45, 2.75) is 30.7 Å². The fourth-order valence-electron chi connectivity index (χ4n) is 2.75. The van der Waals surface area contributed by atoms with E-state index in [-0.39, 0.29) is 0 Å². The summed E-state index contributed by atoms with van der Waals surface area (Å²) in [6, 6.07) is 13.1. The van der Waals surface area contributed by atoms with E-state index in [1.54, 1.807) is 0 Å². The van der Waals surface area contributed by atoms with E-state index >= 15 is 0 Å². The van der Waals surface area contributed by atoms with Crippen LogP contribution in [0.1, 0.15) is 28.8 Å². The SMILES string of the molecule is Cc1ccc(C(Br)C2CCCO2)c2ccccc12. The smallest absolute Gasteiger partial charge is 0.0742 e. The van der Waals surface area contributed by atoms with Gasteiger partial charge in [-0.3, -0.25) is 0 Å². The van der Waals surface area contributed by atoms with Gasteiger partial charge in [0.25, 0.3) is 0 Å². The van der Waals surface area contributed by atoms with Crippen molar-refractivity contribution in [1.29, 1.82) is 0 Å². The molecule has 2 aromatic rings. The Hall–Kier alpha value is -0.860. The van der Waals surface area contributed by atoms with Crippen LogP contribution >= 0.6 is 15.9 Å². The molecule has 18 heavy (non-hydrogen) atoms. The molecule has 0 aromatic heterocycles. The van der Waals surface area contributed by atoms with E-state index in [9.17, 15) is 0 Å². The fourth-order valence-corrected chi connectivity index (χ4v) is 3.56. The van der Waals surface area contributed by atoms with E-state index in [1.807, 2.05) is 0 Å². The van der Waals surface area contributed by atoms with Crippen molar-refractivity contribution in [3.05, 3.63) is 47.5 Å². The van der Waals surface area contributed by atoms with E-state index in [0.29, 0.717) is 10.9 Å². The molecule has 1 nitrogen and oxygen atoms in total. The van der Waals surface area contributed by atoms with Crippen molar-refractivity contribution in [2.24, 2.45) is 0 Å². The van der Waals surface area contributed by atoms with Crippen LogP contribution in [-0.4, -0.2) is 12.7 Å². The highest BCUT2D eigenvalue weighted by atomic mass is 79.9. The van der Waals surface area contributed by atoms with Gasteiger partial charge < -0.3 is 4.74 Å². The minimum atomic E-state index is 0.297. The van der Waals surface area contributed by atoms with Crippen molar-refractivity contribution in [2.75, 3.05) is 6.61 Å². The minimum Gasteiger partial charge on any atom is -0.377 e. The average molecular weight is 305 g/mol. The summed E-state index contributed by atoms with van der Waals surface area (Å²) in [5.41, 5.74) is 2.68. The van der Waals surface area contributed by atoms with Gasteiger partial charge in [0.15, 0.2) is 0 Å². The Morgan fingerprint density at radius 3 is 2.67 bits per heavy atom. The number of halogens is 1. The van der Waals surface area contributed by atoms with Crippen LogP contribution in [0.15, 0.2) is 36.4 Å². The number of alkyl halides is 1. The monoisotopic (exact) mass is 304 g/mol. The van der Waals surface area contributed by atoms with E-state index in [2.05, 4.69) is 59.3 Å². The minimum absolute atomic E-state index is 0.297. The van der Waals surface area contributed by atoms with E-state index in [4.69, 9.17) is 4.74 Å². The average Bonchev–Trinajstić information content (AvgIpc) is 2.93. The molecule has 2 unspecified atom stereocenters. The number of hydrogen-bond acceptors (Lipinski definition) is 1. The number of hydrogen-bond donors (Lipinski definition) is 0. The Balaban J connectivity index is 2.08. The Kier molecular flexibility index (Phi) is 3.40. The molecule has 0 saturated carbocycles. The topological polar surface area (TPSA) is 9.23 Å². The quantitative estimate of drug-likeness (QED) is 0.727.